The predicted molar refractivity (Wildman–Crippen MR) is 50.3 cm³/mol. The van der Waals surface area contributed by atoms with Gasteiger partial charge in [-0.25, -0.2) is 0 Å². The van der Waals surface area contributed by atoms with Crippen LogP contribution in [-0.2, 0) is 13.6 Å². The summed E-state index contributed by atoms with van der Waals surface area (Å²) in [5, 5.41) is 8.16. The predicted octanol–water partition coefficient (Wildman–Crippen LogP) is 1.49. The van der Waals surface area contributed by atoms with Crippen molar-refractivity contribution in [3.63, 3.8) is 0 Å². The van der Waals surface area contributed by atoms with Crippen molar-refractivity contribution in [2.24, 2.45) is 7.05 Å². The molecule has 0 bridgehead atoms. The van der Waals surface area contributed by atoms with Crippen LogP contribution in [0.5, 0.6) is 0 Å². The number of hydrogen-bond donors (Lipinski definition) is 1. The zero-order chi connectivity index (χ0) is 9.14. The number of aryl methyl sites for hydroxylation is 2. The molecule has 0 unspecified atom stereocenters. The largest absolute Gasteiger partial charge is 0.313 e. The molecule has 12 heavy (non-hydrogen) atoms. The topological polar surface area (TPSA) is 29.9 Å². The van der Waals surface area contributed by atoms with E-state index in [0.29, 0.717) is 0 Å². The van der Waals surface area contributed by atoms with E-state index in [1.54, 1.807) is 4.68 Å². The van der Waals surface area contributed by atoms with Crippen molar-refractivity contribution in [3.8, 4) is 0 Å². The lowest BCUT2D eigenvalue weighted by molar-refractivity contribution is 0.722. The fraction of sp³-hybridized carbons (Fsp3) is 0.625. The molecule has 4 heteroatoms. The number of rotatable bonds is 3. The third-order valence-corrected chi connectivity index (χ3v) is 2.29. The molecule has 0 saturated carbocycles. The van der Waals surface area contributed by atoms with Crippen LogP contribution >= 0.6 is 11.6 Å². The molecule has 0 aliphatic heterocycles. The summed E-state index contributed by atoms with van der Waals surface area (Å²) in [6.45, 7) is 5.79. The maximum Gasteiger partial charge on any atom is 0.131 e. The number of nitrogens with one attached hydrogen (secondary N) is 1. The zero-order valence-electron chi connectivity index (χ0n) is 7.69. The van der Waals surface area contributed by atoms with E-state index >= 15 is 0 Å². The Labute approximate surface area is 77.7 Å². The molecule has 0 amide bonds. The summed E-state index contributed by atoms with van der Waals surface area (Å²) in [5.41, 5.74) is 2.10. The van der Waals surface area contributed by atoms with Crippen molar-refractivity contribution in [3.05, 3.63) is 16.4 Å². The van der Waals surface area contributed by atoms with Crippen molar-refractivity contribution < 1.29 is 0 Å². The molecular formula is C8H14ClN3. The van der Waals surface area contributed by atoms with Crippen LogP contribution in [0.2, 0.25) is 5.15 Å². The van der Waals surface area contributed by atoms with E-state index < -0.39 is 0 Å². The van der Waals surface area contributed by atoms with E-state index in [4.69, 9.17) is 11.6 Å². The number of aromatic nitrogens is 2. The fourth-order valence-electron chi connectivity index (χ4n) is 1.12. The van der Waals surface area contributed by atoms with Crippen LogP contribution in [0, 0.1) is 6.92 Å². The first kappa shape index (κ1) is 9.55. The smallest absolute Gasteiger partial charge is 0.131 e. The van der Waals surface area contributed by atoms with Gasteiger partial charge in [0.05, 0.1) is 5.69 Å². The summed E-state index contributed by atoms with van der Waals surface area (Å²) in [5.74, 6) is 0. The average molecular weight is 188 g/mol. The lowest BCUT2D eigenvalue weighted by Gasteiger charge is -2.00. The van der Waals surface area contributed by atoms with Crippen molar-refractivity contribution in [1.82, 2.24) is 15.1 Å². The molecule has 0 saturated heterocycles. The molecule has 1 heterocycles. The molecule has 68 valence electrons. The Kier molecular flexibility index (Phi) is 3.12. The van der Waals surface area contributed by atoms with E-state index in [1.165, 1.54) is 0 Å². The fourth-order valence-corrected chi connectivity index (χ4v) is 1.37. The lowest BCUT2D eigenvalue weighted by Crippen LogP contribution is -2.12. The Morgan fingerprint density at radius 3 is 2.67 bits per heavy atom. The van der Waals surface area contributed by atoms with Crippen molar-refractivity contribution in [1.29, 1.82) is 0 Å². The first-order valence-corrected chi connectivity index (χ1v) is 4.43. The quantitative estimate of drug-likeness (QED) is 0.777. The van der Waals surface area contributed by atoms with Crippen molar-refractivity contribution in [2.75, 3.05) is 6.54 Å². The summed E-state index contributed by atoms with van der Waals surface area (Å²) in [6.07, 6.45) is 0. The summed E-state index contributed by atoms with van der Waals surface area (Å²) in [4.78, 5) is 0. The second-order valence-corrected chi connectivity index (χ2v) is 3.12. The van der Waals surface area contributed by atoms with E-state index in [-0.39, 0.29) is 0 Å². The Balaban J connectivity index is 2.82. The molecule has 0 atom stereocenters. The van der Waals surface area contributed by atoms with Gasteiger partial charge in [-0.05, 0) is 13.5 Å². The van der Waals surface area contributed by atoms with Crippen LogP contribution in [0.15, 0.2) is 0 Å². The molecule has 1 rings (SSSR count). The number of halogens is 1. The van der Waals surface area contributed by atoms with Gasteiger partial charge in [0, 0.05) is 19.2 Å². The minimum atomic E-state index is 0.730. The Morgan fingerprint density at radius 1 is 1.58 bits per heavy atom. The van der Waals surface area contributed by atoms with Crippen LogP contribution < -0.4 is 5.32 Å². The Morgan fingerprint density at radius 2 is 2.25 bits per heavy atom. The maximum atomic E-state index is 6.01. The monoisotopic (exact) mass is 187 g/mol. The van der Waals surface area contributed by atoms with E-state index in [9.17, 15) is 0 Å². The molecule has 1 N–H and O–H groups in total. The molecule has 1 aromatic heterocycles. The highest BCUT2D eigenvalue weighted by atomic mass is 35.5. The van der Waals surface area contributed by atoms with Gasteiger partial charge < -0.3 is 5.32 Å². The van der Waals surface area contributed by atoms with Gasteiger partial charge in [-0.1, -0.05) is 18.5 Å². The lowest BCUT2D eigenvalue weighted by atomic mass is 10.2. The minimum Gasteiger partial charge on any atom is -0.313 e. The van der Waals surface area contributed by atoms with E-state index in [2.05, 4.69) is 17.3 Å². The highest BCUT2D eigenvalue weighted by Gasteiger charge is 2.09. The van der Waals surface area contributed by atoms with Crippen LogP contribution in [0.25, 0.3) is 0 Å². The van der Waals surface area contributed by atoms with Gasteiger partial charge in [0.2, 0.25) is 0 Å². The molecule has 0 spiro atoms. The molecule has 3 nitrogen and oxygen atoms in total. The molecule has 0 aliphatic rings. The van der Waals surface area contributed by atoms with Gasteiger partial charge in [-0.2, -0.15) is 5.10 Å². The summed E-state index contributed by atoms with van der Waals surface area (Å²) < 4.78 is 1.70. The van der Waals surface area contributed by atoms with Gasteiger partial charge in [-0.3, -0.25) is 4.68 Å². The Bertz CT molecular complexity index is 268. The van der Waals surface area contributed by atoms with Crippen LogP contribution in [0.3, 0.4) is 0 Å². The minimum absolute atomic E-state index is 0.730. The third-order valence-electron chi connectivity index (χ3n) is 1.82. The highest BCUT2D eigenvalue weighted by molar-refractivity contribution is 6.30. The number of hydrogen-bond acceptors (Lipinski definition) is 2. The first-order chi connectivity index (χ1) is 5.66. The molecule has 0 aromatic carbocycles. The van der Waals surface area contributed by atoms with Gasteiger partial charge in [0.15, 0.2) is 0 Å². The van der Waals surface area contributed by atoms with Crippen molar-refractivity contribution >= 4 is 11.6 Å². The third kappa shape index (κ3) is 1.79. The first-order valence-electron chi connectivity index (χ1n) is 4.05. The molecule has 0 fully saturated rings. The van der Waals surface area contributed by atoms with E-state index in [0.717, 1.165) is 29.5 Å². The summed E-state index contributed by atoms with van der Waals surface area (Å²) >= 11 is 6.01. The van der Waals surface area contributed by atoms with Crippen LogP contribution in [0.1, 0.15) is 18.2 Å². The van der Waals surface area contributed by atoms with Crippen molar-refractivity contribution in [2.45, 2.75) is 20.4 Å². The number of nitrogens with zero attached hydrogens (tertiary/aromatic N) is 2. The Hall–Kier alpha value is -0.540. The molecule has 0 radical (unpaired) electrons. The van der Waals surface area contributed by atoms with Crippen LogP contribution in [-0.4, -0.2) is 16.3 Å². The maximum absolute atomic E-state index is 6.01. The summed E-state index contributed by atoms with van der Waals surface area (Å²) in [6, 6.07) is 0. The highest BCUT2D eigenvalue weighted by Crippen LogP contribution is 2.17. The molecule has 1 aromatic rings. The van der Waals surface area contributed by atoms with E-state index in [1.807, 2.05) is 14.0 Å². The van der Waals surface area contributed by atoms with Gasteiger partial charge in [0.1, 0.15) is 5.15 Å². The van der Waals surface area contributed by atoms with Gasteiger partial charge in [-0.15, -0.1) is 0 Å². The standard InChI is InChI=1S/C8H14ClN3/c1-4-10-5-7-6(2)11-12(3)8(7)9/h10H,4-5H2,1-3H3. The van der Waals surface area contributed by atoms with Gasteiger partial charge in [0.25, 0.3) is 0 Å². The van der Waals surface area contributed by atoms with Gasteiger partial charge >= 0.3 is 0 Å². The SMILES string of the molecule is CCNCc1c(C)nn(C)c1Cl. The molecule has 0 aliphatic carbocycles. The normalized spacial score (nSPS) is 10.7. The average Bonchev–Trinajstić information content (AvgIpc) is 2.25. The zero-order valence-corrected chi connectivity index (χ0v) is 8.44. The summed E-state index contributed by atoms with van der Waals surface area (Å²) in [7, 11) is 1.85. The second kappa shape index (κ2) is 3.92. The van der Waals surface area contributed by atoms with Crippen LogP contribution in [0.4, 0.5) is 0 Å². The molecular weight excluding hydrogens is 174 g/mol. The second-order valence-electron chi connectivity index (χ2n) is 2.76.